The minimum Gasteiger partial charge on any atom is -0.357 e. The van der Waals surface area contributed by atoms with Crippen LogP contribution in [0.4, 0.5) is 5.82 Å². The molecule has 6 heteroatoms. The molecule has 1 N–H and O–H groups in total. The Kier molecular flexibility index (Phi) is 4.53. The van der Waals surface area contributed by atoms with Crippen LogP contribution in [-0.2, 0) is 0 Å². The van der Waals surface area contributed by atoms with Crippen molar-refractivity contribution < 1.29 is 4.79 Å². The van der Waals surface area contributed by atoms with E-state index in [1.807, 2.05) is 0 Å². The largest absolute Gasteiger partial charge is 0.357 e. The van der Waals surface area contributed by atoms with Crippen molar-refractivity contribution in [2.75, 3.05) is 18.0 Å². The monoisotopic (exact) mass is 347 g/mol. The molecule has 2 heterocycles. The van der Waals surface area contributed by atoms with Crippen LogP contribution in [0.2, 0.25) is 0 Å². The van der Waals surface area contributed by atoms with Crippen molar-refractivity contribution in [1.29, 1.82) is 5.26 Å². The highest BCUT2D eigenvalue weighted by molar-refractivity contribution is 5.96. The number of anilines is 1. The summed E-state index contributed by atoms with van der Waals surface area (Å²) in [5, 5.41) is 12.2. The number of hydrogen-bond donors (Lipinski definition) is 1. The van der Waals surface area contributed by atoms with Gasteiger partial charge in [-0.1, -0.05) is 12.1 Å². The van der Waals surface area contributed by atoms with E-state index in [0.29, 0.717) is 17.0 Å². The molecule has 2 fully saturated rings. The number of hydrogen-bond acceptors (Lipinski definition) is 5. The average Bonchev–Trinajstić information content (AvgIpc) is 3.19. The zero-order valence-electron chi connectivity index (χ0n) is 14.6. The minimum absolute atomic E-state index is 0.129. The first-order valence-corrected chi connectivity index (χ1v) is 9.11. The number of nitrogens with zero attached hydrogens (tertiary/aromatic N) is 4. The Hall–Kier alpha value is -2.94. The van der Waals surface area contributed by atoms with E-state index in [4.69, 9.17) is 5.26 Å². The number of amides is 1. The number of benzene rings is 1. The maximum Gasteiger partial charge on any atom is 0.252 e. The maximum absolute atomic E-state index is 12.4. The van der Waals surface area contributed by atoms with E-state index in [-0.39, 0.29) is 11.9 Å². The molecule has 1 amide bonds. The van der Waals surface area contributed by atoms with E-state index < -0.39 is 0 Å². The summed E-state index contributed by atoms with van der Waals surface area (Å²) in [7, 11) is 0. The first kappa shape index (κ1) is 16.5. The molecule has 6 nitrogen and oxygen atoms in total. The molecule has 1 saturated heterocycles. The number of aromatic nitrogens is 2. The molecule has 1 aliphatic carbocycles. The molecule has 1 aromatic carbocycles. The smallest absolute Gasteiger partial charge is 0.252 e. The molecule has 0 spiro atoms. The molecule has 0 radical (unpaired) electrons. The molecule has 0 unspecified atom stereocenters. The van der Waals surface area contributed by atoms with Crippen LogP contribution < -0.4 is 10.2 Å². The minimum atomic E-state index is -0.175. The number of nitrogens with one attached hydrogen (secondary N) is 1. The third kappa shape index (κ3) is 3.25. The van der Waals surface area contributed by atoms with E-state index in [0.717, 1.165) is 37.4 Å². The van der Waals surface area contributed by atoms with Crippen molar-refractivity contribution in [2.45, 2.75) is 37.6 Å². The van der Waals surface area contributed by atoms with Gasteiger partial charge in [-0.2, -0.15) is 5.26 Å². The van der Waals surface area contributed by atoms with Crippen molar-refractivity contribution in [3.8, 4) is 6.07 Å². The van der Waals surface area contributed by atoms with Crippen LogP contribution in [0.15, 0.2) is 36.7 Å². The molecule has 0 bridgehead atoms. The highest BCUT2D eigenvalue weighted by Crippen LogP contribution is 2.37. The lowest BCUT2D eigenvalue weighted by molar-refractivity contribution is 0.0908. The zero-order valence-corrected chi connectivity index (χ0v) is 14.6. The Morgan fingerprint density at radius 1 is 1.19 bits per heavy atom. The highest BCUT2D eigenvalue weighted by atomic mass is 16.1. The second kappa shape index (κ2) is 7.12. The lowest BCUT2D eigenvalue weighted by Crippen LogP contribution is -2.43. The summed E-state index contributed by atoms with van der Waals surface area (Å²) in [5.41, 5.74) is 1.91. The van der Waals surface area contributed by atoms with Gasteiger partial charge >= 0.3 is 0 Å². The third-order valence-electron chi connectivity index (χ3n) is 5.29. The zero-order chi connectivity index (χ0) is 17.9. The molecule has 132 valence electrons. The molecule has 2 aliphatic rings. The Labute approximate surface area is 152 Å². The highest BCUT2D eigenvalue weighted by Gasteiger charge is 2.33. The van der Waals surface area contributed by atoms with Crippen molar-refractivity contribution in [2.24, 2.45) is 0 Å². The van der Waals surface area contributed by atoms with Crippen LogP contribution in [0, 0.1) is 11.3 Å². The van der Waals surface area contributed by atoms with Gasteiger partial charge in [-0.25, -0.2) is 9.97 Å². The second-order valence-corrected chi connectivity index (χ2v) is 6.99. The number of rotatable bonds is 4. The van der Waals surface area contributed by atoms with E-state index in [1.165, 1.54) is 12.8 Å². The van der Waals surface area contributed by atoms with Crippen LogP contribution in [0.3, 0.4) is 0 Å². The van der Waals surface area contributed by atoms with E-state index in [1.54, 1.807) is 30.6 Å². The summed E-state index contributed by atoms with van der Waals surface area (Å²) in [6.45, 7) is 2.14. The molecule has 0 atom stereocenters. The van der Waals surface area contributed by atoms with Gasteiger partial charge in [-0.3, -0.25) is 4.79 Å². The lowest BCUT2D eigenvalue weighted by Gasteiger charge is -2.35. The van der Waals surface area contributed by atoms with Crippen molar-refractivity contribution in [3.05, 3.63) is 53.5 Å². The molecule has 1 aromatic heterocycles. The van der Waals surface area contributed by atoms with Crippen LogP contribution in [-0.4, -0.2) is 35.0 Å². The van der Waals surface area contributed by atoms with Crippen LogP contribution in [0.1, 0.15) is 53.2 Å². The van der Waals surface area contributed by atoms with Gasteiger partial charge in [-0.05, 0) is 37.8 Å². The first-order chi connectivity index (χ1) is 12.7. The van der Waals surface area contributed by atoms with Gasteiger partial charge in [0.25, 0.3) is 5.91 Å². The van der Waals surface area contributed by atoms with Gasteiger partial charge in [0.1, 0.15) is 12.1 Å². The summed E-state index contributed by atoms with van der Waals surface area (Å²) in [5.74, 6) is 1.20. The average molecular weight is 347 g/mol. The van der Waals surface area contributed by atoms with Crippen molar-refractivity contribution in [1.82, 2.24) is 15.3 Å². The quantitative estimate of drug-likeness (QED) is 0.919. The molecular weight excluding hydrogens is 326 g/mol. The van der Waals surface area contributed by atoms with Gasteiger partial charge < -0.3 is 10.2 Å². The number of carbonyl (C=O) groups excluding carboxylic acids is 1. The van der Waals surface area contributed by atoms with Gasteiger partial charge in [0.15, 0.2) is 0 Å². The number of nitriles is 1. The predicted molar refractivity (Wildman–Crippen MR) is 97.9 cm³/mol. The van der Waals surface area contributed by atoms with Crippen LogP contribution in [0.25, 0.3) is 0 Å². The third-order valence-corrected chi connectivity index (χ3v) is 5.29. The lowest BCUT2D eigenvalue weighted by atomic mass is 9.78. The fraction of sp³-hybridized carbons (Fsp3) is 0.400. The number of carbonyl (C=O) groups is 1. The summed E-state index contributed by atoms with van der Waals surface area (Å²) in [6, 6.07) is 11.2. The SMILES string of the molecule is N#Cc1ccccc1C(=O)NC1CC(c2cc(N3CCCC3)ncn2)C1. The fourth-order valence-electron chi connectivity index (χ4n) is 3.72. The van der Waals surface area contributed by atoms with Gasteiger partial charge in [0.05, 0.1) is 17.2 Å². The van der Waals surface area contributed by atoms with Crippen molar-refractivity contribution in [3.63, 3.8) is 0 Å². The summed E-state index contributed by atoms with van der Waals surface area (Å²) in [6.07, 6.45) is 5.84. The Morgan fingerprint density at radius 2 is 1.96 bits per heavy atom. The van der Waals surface area contributed by atoms with E-state index in [2.05, 4.69) is 32.3 Å². The topological polar surface area (TPSA) is 81.9 Å². The van der Waals surface area contributed by atoms with Gasteiger partial charge in [0, 0.05) is 36.8 Å². The van der Waals surface area contributed by atoms with E-state index >= 15 is 0 Å². The molecule has 4 rings (SSSR count). The predicted octanol–water partition coefficient (Wildman–Crippen LogP) is 2.62. The Balaban J connectivity index is 1.36. The maximum atomic E-state index is 12.4. The normalized spacial score (nSPS) is 21.7. The molecule has 1 aliphatic heterocycles. The van der Waals surface area contributed by atoms with Gasteiger partial charge in [0.2, 0.25) is 0 Å². The Morgan fingerprint density at radius 3 is 2.73 bits per heavy atom. The second-order valence-electron chi connectivity index (χ2n) is 6.99. The van der Waals surface area contributed by atoms with Gasteiger partial charge in [-0.15, -0.1) is 0 Å². The first-order valence-electron chi connectivity index (χ1n) is 9.11. The van der Waals surface area contributed by atoms with Crippen LogP contribution in [0.5, 0.6) is 0 Å². The molecule has 1 saturated carbocycles. The fourth-order valence-corrected chi connectivity index (χ4v) is 3.72. The Bertz CT molecular complexity index is 847. The molecular formula is C20H21N5O. The van der Waals surface area contributed by atoms with Crippen molar-refractivity contribution >= 4 is 11.7 Å². The summed E-state index contributed by atoms with van der Waals surface area (Å²) >= 11 is 0. The van der Waals surface area contributed by atoms with Crippen LogP contribution >= 0.6 is 0 Å². The molecule has 26 heavy (non-hydrogen) atoms. The summed E-state index contributed by atoms with van der Waals surface area (Å²) < 4.78 is 0. The molecule has 2 aromatic rings. The van der Waals surface area contributed by atoms with E-state index in [9.17, 15) is 4.79 Å². The summed E-state index contributed by atoms with van der Waals surface area (Å²) in [4.78, 5) is 23.6. The standard InChI is InChI=1S/C20H21N5O/c21-12-14-5-1-2-6-17(14)20(26)24-16-9-15(10-16)18-11-19(23-13-22-18)25-7-3-4-8-25/h1-2,5-6,11,13,15-16H,3-4,7-10H2,(H,24,26).